The molecule has 1 atom stereocenters. The Morgan fingerprint density at radius 3 is 2.08 bits per heavy atom. The average molecular weight is 173 g/mol. The monoisotopic (exact) mass is 173 g/mol. The maximum absolute atomic E-state index is 5.55. The zero-order valence-electron chi connectivity index (χ0n) is 9.27. The van der Waals surface area contributed by atoms with Gasteiger partial charge in [0.1, 0.15) is 0 Å². The van der Waals surface area contributed by atoms with E-state index in [-0.39, 0.29) is 5.54 Å². The molecule has 74 valence electrons. The van der Waals surface area contributed by atoms with Crippen molar-refractivity contribution in [2.24, 2.45) is 5.92 Å². The van der Waals surface area contributed by atoms with Gasteiger partial charge >= 0.3 is 0 Å². The zero-order chi connectivity index (χ0) is 9.78. The van der Waals surface area contributed by atoms with Crippen LogP contribution < -0.4 is 5.32 Å². The second kappa shape index (κ2) is 4.83. The van der Waals surface area contributed by atoms with Crippen molar-refractivity contribution in [3.63, 3.8) is 0 Å². The largest absolute Gasteiger partial charge is 0.378 e. The van der Waals surface area contributed by atoms with E-state index in [1.165, 1.54) is 0 Å². The molecule has 1 N–H and O–H groups in total. The first kappa shape index (κ1) is 11.9. The lowest BCUT2D eigenvalue weighted by atomic mass is 9.90. The van der Waals surface area contributed by atoms with Crippen molar-refractivity contribution < 1.29 is 4.74 Å². The molecule has 0 spiro atoms. The Morgan fingerprint density at radius 2 is 1.75 bits per heavy atom. The first-order valence-electron chi connectivity index (χ1n) is 4.70. The molecule has 0 aromatic carbocycles. The first-order chi connectivity index (χ1) is 5.40. The molecule has 0 aliphatic carbocycles. The van der Waals surface area contributed by atoms with Crippen LogP contribution in [-0.2, 0) is 4.74 Å². The highest BCUT2D eigenvalue weighted by atomic mass is 16.5. The van der Waals surface area contributed by atoms with E-state index >= 15 is 0 Å². The van der Waals surface area contributed by atoms with E-state index in [4.69, 9.17) is 4.74 Å². The maximum Gasteiger partial charge on any atom is 0.0519 e. The average Bonchev–Trinajstić information content (AvgIpc) is 2.00. The van der Waals surface area contributed by atoms with Gasteiger partial charge in [-0.05, 0) is 40.7 Å². The molecule has 0 aromatic rings. The van der Waals surface area contributed by atoms with Gasteiger partial charge in [-0.25, -0.2) is 0 Å². The Balaban J connectivity index is 3.78. The van der Waals surface area contributed by atoms with Crippen LogP contribution in [0.25, 0.3) is 0 Å². The summed E-state index contributed by atoms with van der Waals surface area (Å²) in [5, 5.41) is 3.28. The lowest BCUT2D eigenvalue weighted by molar-refractivity contribution is 0.0340. The molecular formula is C10H23NO. The highest BCUT2D eigenvalue weighted by molar-refractivity contribution is 4.81. The molecule has 1 unspecified atom stereocenters. The number of rotatable bonds is 5. The molecule has 0 bridgehead atoms. The summed E-state index contributed by atoms with van der Waals surface area (Å²) >= 11 is 0. The van der Waals surface area contributed by atoms with Crippen LogP contribution in [0.15, 0.2) is 0 Å². The third kappa shape index (κ3) is 4.07. The van der Waals surface area contributed by atoms with Crippen LogP contribution in [0.5, 0.6) is 0 Å². The van der Waals surface area contributed by atoms with Gasteiger partial charge in [-0.2, -0.15) is 0 Å². The molecule has 0 radical (unpaired) electrons. The topological polar surface area (TPSA) is 21.3 Å². The van der Waals surface area contributed by atoms with Gasteiger partial charge in [0.15, 0.2) is 0 Å². The Labute approximate surface area is 76.7 Å². The molecule has 0 fully saturated rings. The molecule has 0 rings (SSSR count). The quantitative estimate of drug-likeness (QED) is 0.687. The van der Waals surface area contributed by atoms with E-state index < -0.39 is 0 Å². The van der Waals surface area contributed by atoms with Crippen molar-refractivity contribution in [1.29, 1.82) is 0 Å². The van der Waals surface area contributed by atoms with Crippen molar-refractivity contribution in [2.75, 3.05) is 13.7 Å². The second-order valence-corrected chi connectivity index (χ2v) is 4.25. The molecule has 0 aliphatic rings. The number of hydrogen-bond acceptors (Lipinski definition) is 2. The van der Waals surface area contributed by atoms with Gasteiger partial charge in [-0.1, -0.05) is 6.92 Å². The van der Waals surface area contributed by atoms with Crippen LogP contribution in [0.4, 0.5) is 0 Å². The lowest BCUT2D eigenvalue weighted by Crippen LogP contribution is -2.44. The molecule has 12 heavy (non-hydrogen) atoms. The Hall–Kier alpha value is -0.0800. The van der Waals surface area contributed by atoms with E-state index in [2.05, 4.69) is 39.9 Å². The van der Waals surface area contributed by atoms with E-state index in [9.17, 15) is 0 Å². The zero-order valence-corrected chi connectivity index (χ0v) is 9.27. The van der Waals surface area contributed by atoms with Crippen molar-refractivity contribution in [3.8, 4) is 0 Å². The van der Waals surface area contributed by atoms with Crippen molar-refractivity contribution in [3.05, 3.63) is 0 Å². The highest BCUT2D eigenvalue weighted by Gasteiger charge is 2.23. The fourth-order valence-electron chi connectivity index (χ4n) is 0.792. The molecule has 2 nitrogen and oxygen atoms in total. The molecule has 0 saturated carbocycles. The van der Waals surface area contributed by atoms with E-state index in [1.807, 2.05) is 7.05 Å². The summed E-state index contributed by atoms with van der Waals surface area (Å²) in [6, 6.07) is 0. The first-order valence-corrected chi connectivity index (χ1v) is 4.70. The summed E-state index contributed by atoms with van der Waals surface area (Å²) in [6.07, 6.45) is 0.333. The third-order valence-corrected chi connectivity index (χ3v) is 2.56. The standard InChI is InChI=1S/C10H23NO/c1-8(2)12-7-9(3)10(4,5)11-6/h8-9,11H,7H2,1-6H3. The Bertz CT molecular complexity index is 121. The fourth-order valence-corrected chi connectivity index (χ4v) is 0.792. The molecular weight excluding hydrogens is 150 g/mol. The van der Waals surface area contributed by atoms with Crippen LogP contribution >= 0.6 is 0 Å². The summed E-state index contributed by atoms with van der Waals surface area (Å²) in [7, 11) is 1.99. The molecule has 2 heteroatoms. The fraction of sp³-hybridized carbons (Fsp3) is 1.00. The normalized spacial score (nSPS) is 15.2. The summed E-state index contributed by atoms with van der Waals surface area (Å²) in [5.41, 5.74) is 0.162. The number of hydrogen-bond donors (Lipinski definition) is 1. The van der Waals surface area contributed by atoms with Crippen molar-refractivity contribution >= 4 is 0 Å². The minimum atomic E-state index is 0.162. The smallest absolute Gasteiger partial charge is 0.0519 e. The second-order valence-electron chi connectivity index (χ2n) is 4.25. The summed E-state index contributed by atoms with van der Waals surface area (Å²) in [6.45, 7) is 11.6. The Morgan fingerprint density at radius 1 is 1.25 bits per heavy atom. The predicted molar refractivity (Wildman–Crippen MR) is 53.4 cm³/mol. The van der Waals surface area contributed by atoms with Crippen LogP contribution in [0.3, 0.4) is 0 Å². The number of ether oxygens (including phenoxy) is 1. The maximum atomic E-state index is 5.55. The van der Waals surface area contributed by atoms with E-state index in [1.54, 1.807) is 0 Å². The van der Waals surface area contributed by atoms with Crippen LogP contribution in [0.1, 0.15) is 34.6 Å². The van der Waals surface area contributed by atoms with Gasteiger partial charge in [-0.15, -0.1) is 0 Å². The van der Waals surface area contributed by atoms with Crippen LogP contribution in [0.2, 0.25) is 0 Å². The van der Waals surface area contributed by atoms with Gasteiger partial charge < -0.3 is 10.1 Å². The SMILES string of the molecule is CNC(C)(C)C(C)COC(C)C. The predicted octanol–water partition coefficient (Wildman–Crippen LogP) is 2.05. The molecule has 0 amide bonds. The third-order valence-electron chi connectivity index (χ3n) is 2.56. The minimum absolute atomic E-state index is 0.162. The minimum Gasteiger partial charge on any atom is -0.378 e. The number of nitrogens with one attached hydrogen (secondary N) is 1. The van der Waals surface area contributed by atoms with Gasteiger partial charge in [0.25, 0.3) is 0 Å². The lowest BCUT2D eigenvalue weighted by Gasteiger charge is -2.31. The van der Waals surface area contributed by atoms with Crippen molar-refractivity contribution in [2.45, 2.75) is 46.3 Å². The molecule has 0 saturated heterocycles. The molecule has 0 aromatic heterocycles. The summed E-state index contributed by atoms with van der Waals surface area (Å²) < 4.78 is 5.55. The van der Waals surface area contributed by atoms with Crippen LogP contribution in [-0.4, -0.2) is 25.3 Å². The molecule has 0 heterocycles. The summed E-state index contributed by atoms with van der Waals surface area (Å²) in [5.74, 6) is 0.532. The van der Waals surface area contributed by atoms with Gasteiger partial charge in [0.2, 0.25) is 0 Å². The molecule has 0 aliphatic heterocycles. The van der Waals surface area contributed by atoms with Gasteiger partial charge in [0, 0.05) is 5.54 Å². The highest BCUT2D eigenvalue weighted by Crippen LogP contribution is 2.16. The van der Waals surface area contributed by atoms with Gasteiger partial charge in [-0.3, -0.25) is 0 Å². The summed E-state index contributed by atoms with van der Waals surface area (Å²) in [4.78, 5) is 0. The van der Waals surface area contributed by atoms with E-state index in [0.717, 1.165) is 6.61 Å². The Kier molecular flexibility index (Phi) is 4.80. The van der Waals surface area contributed by atoms with Gasteiger partial charge in [0.05, 0.1) is 12.7 Å². The van der Waals surface area contributed by atoms with E-state index in [0.29, 0.717) is 12.0 Å². The van der Waals surface area contributed by atoms with Crippen molar-refractivity contribution in [1.82, 2.24) is 5.32 Å². The van der Waals surface area contributed by atoms with Crippen LogP contribution in [0, 0.1) is 5.92 Å².